The minimum Gasteiger partial charge on any atom is -0.363 e. The highest BCUT2D eigenvalue weighted by Gasteiger charge is 2.40. The topological polar surface area (TPSA) is 24.9 Å². The quantitative estimate of drug-likeness (QED) is 0.848. The molecule has 1 aromatic carbocycles. The second-order valence-corrected chi connectivity index (χ2v) is 3.80. The molecule has 96 valence electrons. The second kappa shape index (κ2) is 4.80. The first-order chi connectivity index (χ1) is 8.50. The molecule has 0 fully saturated rings. The average Bonchev–Trinajstić information content (AvgIpc) is 2.36. The lowest BCUT2D eigenvalue weighted by Gasteiger charge is -2.16. The van der Waals surface area contributed by atoms with Crippen molar-refractivity contribution < 1.29 is 17.6 Å². The Balaban J connectivity index is 2.22. The summed E-state index contributed by atoms with van der Waals surface area (Å²) in [5.41, 5.74) is 0. The van der Waals surface area contributed by atoms with Crippen molar-refractivity contribution in [2.24, 2.45) is 0 Å². The van der Waals surface area contributed by atoms with E-state index in [0.29, 0.717) is 5.39 Å². The number of rotatable bonds is 4. The van der Waals surface area contributed by atoms with Crippen LogP contribution < -0.4 is 5.32 Å². The van der Waals surface area contributed by atoms with E-state index in [1.807, 2.05) is 0 Å². The monoisotopic (exact) mass is 258 g/mol. The van der Waals surface area contributed by atoms with Gasteiger partial charge in [0.05, 0.1) is 6.54 Å². The van der Waals surface area contributed by atoms with Gasteiger partial charge in [0.25, 0.3) is 0 Å². The number of halogens is 4. The largest absolute Gasteiger partial charge is 0.363 e. The molecule has 2 nitrogen and oxygen atoms in total. The highest BCUT2D eigenvalue weighted by atomic mass is 19.3. The van der Waals surface area contributed by atoms with E-state index in [1.54, 1.807) is 30.3 Å². The molecule has 0 aliphatic rings. The molecule has 18 heavy (non-hydrogen) atoms. The van der Waals surface area contributed by atoms with Crippen LogP contribution in [0.1, 0.15) is 0 Å². The van der Waals surface area contributed by atoms with Gasteiger partial charge in [-0.25, -0.2) is 13.8 Å². The van der Waals surface area contributed by atoms with Crippen LogP contribution in [0.4, 0.5) is 23.4 Å². The maximum Gasteiger partial charge on any atom is 0.324 e. The zero-order chi connectivity index (χ0) is 13.2. The van der Waals surface area contributed by atoms with Crippen molar-refractivity contribution in [1.29, 1.82) is 0 Å². The van der Waals surface area contributed by atoms with Gasteiger partial charge in [0.15, 0.2) is 0 Å². The van der Waals surface area contributed by atoms with Gasteiger partial charge in [-0.15, -0.1) is 0 Å². The molecule has 0 saturated heterocycles. The Bertz CT molecular complexity index is 537. The van der Waals surface area contributed by atoms with Crippen LogP contribution in [-0.2, 0) is 0 Å². The van der Waals surface area contributed by atoms with E-state index >= 15 is 0 Å². The van der Waals surface area contributed by atoms with Gasteiger partial charge in [-0.2, -0.15) is 8.78 Å². The number of nitrogens with one attached hydrogen (secondary N) is 1. The van der Waals surface area contributed by atoms with E-state index in [9.17, 15) is 17.6 Å². The molecule has 0 atom stereocenters. The van der Waals surface area contributed by atoms with Crippen molar-refractivity contribution in [1.82, 2.24) is 4.98 Å². The number of pyridine rings is 1. The van der Waals surface area contributed by atoms with Crippen molar-refractivity contribution in [2.45, 2.75) is 12.3 Å². The van der Waals surface area contributed by atoms with Gasteiger partial charge in [-0.05, 0) is 11.5 Å². The van der Waals surface area contributed by atoms with E-state index < -0.39 is 18.9 Å². The lowest BCUT2D eigenvalue weighted by Crippen LogP contribution is -2.35. The van der Waals surface area contributed by atoms with Crippen molar-refractivity contribution >= 4 is 16.6 Å². The molecule has 0 radical (unpaired) electrons. The standard InChI is InChI=1S/C12H10F4N2/c13-11(14)12(15,16)7-18-10-9-4-2-1-3-8(9)5-6-17-10/h1-6,11H,7H2,(H,17,18). The van der Waals surface area contributed by atoms with Gasteiger partial charge < -0.3 is 5.32 Å². The third kappa shape index (κ3) is 2.52. The zero-order valence-corrected chi connectivity index (χ0v) is 9.21. The summed E-state index contributed by atoms with van der Waals surface area (Å²) in [6.45, 7) is -1.15. The summed E-state index contributed by atoms with van der Waals surface area (Å²) in [5.74, 6) is -3.90. The van der Waals surface area contributed by atoms with Crippen LogP contribution >= 0.6 is 0 Å². The van der Waals surface area contributed by atoms with Crippen LogP contribution in [0.25, 0.3) is 10.8 Å². The Morgan fingerprint density at radius 2 is 1.89 bits per heavy atom. The Hall–Kier alpha value is -1.85. The van der Waals surface area contributed by atoms with Crippen molar-refractivity contribution in [3.05, 3.63) is 36.5 Å². The van der Waals surface area contributed by atoms with Gasteiger partial charge in [-0.3, -0.25) is 0 Å². The Morgan fingerprint density at radius 3 is 2.61 bits per heavy atom. The minimum atomic E-state index is -4.07. The number of benzene rings is 1. The summed E-state index contributed by atoms with van der Waals surface area (Å²) in [4.78, 5) is 3.88. The number of aromatic nitrogens is 1. The summed E-state index contributed by atoms with van der Waals surface area (Å²) in [6, 6.07) is 8.70. The summed E-state index contributed by atoms with van der Waals surface area (Å²) >= 11 is 0. The molecule has 0 aliphatic heterocycles. The molecule has 1 heterocycles. The number of nitrogens with zero attached hydrogens (tertiary/aromatic N) is 1. The predicted molar refractivity (Wildman–Crippen MR) is 61.2 cm³/mol. The number of anilines is 1. The fourth-order valence-corrected chi connectivity index (χ4v) is 1.54. The van der Waals surface area contributed by atoms with E-state index in [2.05, 4.69) is 10.3 Å². The first-order valence-corrected chi connectivity index (χ1v) is 5.24. The molecular weight excluding hydrogens is 248 g/mol. The maximum absolute atomic E-state index is 12.8. The molecule has 2 aromatic rings. The molecule has 0 amide bonds. The van der Waals surface area contributed by atoms with Crippen LogP contribution in [0, 0.1) is 0 Å². The van der Waals surface area contributed by atoms with Crippen molar-refractivity contribution in [3.63, 3.8) is 0 Å². The highest BCUT2D eigenvalue weighted by Crippen LogP contribution is 2.25. The van der Waals surface area contributed by atoms with Gasteiger partial charge in [-0.1, -0.05) is 24.3 Å². The highest BCUT2D eigenvalue weighted by molar-refractivity contribution is 5.91. The third-order valence-electron chi connectivity index (χ3n) is 2.48. The molecule has 0 saturated carbocycles. The van der Waals surface area contributed by atoms with Gasteiger partial charge in [0.1, 0.15) is 5.82 Å². The molecule has 6 heteroatoms. The van der Waals surface area contributed by atoms with E-state index in [4.69, 9.17) is 0 Å². The summed E-state index contributed by atoms with van der Waals surface area (Å²) in [5, 5.41) is 3.69. The fraction of sp³-hybridized carbons (Fsp3) is 0.250. The van der Waals surface area contributed by atoms with E-state index in [0.717, 1.165) is 5.39 Å². The molecule has 2 rings (SSSR count). The number of fused-ring (bicyclic) bond motifs is 1. The SMILES string of the molecule is FC(F)C(F)(F)CNc1nccc2ccccc12. The first-order valence-electron chi connectivity index (χ1n) is 5.24. The maximum atomic E-state index is 12.8. The lowest BCUT2D eigenvalue weighted by atomic mass is 10.1. The van der Waals surface area contributed by atoms with Crippen molar-refractivity contribution in [2.75, 3.05) is 11.9 Å². The molecule has 0 bridgehead atoms. The van der Waals surface area contributed by atoms with E-state index in [-0.39, 0.29) is 5.82 Å². The fourth-order valence-electron chi connectivity index (χ4n) is 1.54. The molecular formula is C12H10F4N2. The Kier molecular flexibility index (Phi) is 3.36. The Morgan fingerprint density at radius 1 is 1.17 bits per heavy atom. The summed E-state index contributed by atoms with van der Waals surface area (Å²) < 4.78 is 49.6. The molecule has 1 N–H and O–H groups in total. The molecule has 1 aromatic heterocycles. The number of hydrogen-bond acceptors (Lipinski definition) is 2. The zero-order valence-electron chi connectivity index (χ0n) is 9.21. The van der Waals surface area contributed by atoms with Crippen LogP contribution in [0.15, 0.2) is 36.5 Å². The molecule has 0 aliphatic carbocycles. The smallest absolute Gasteiger partial charge is 0.324 e. The van der Waals surface area contributed by atoms with Gasteiger partial charge >= 0.3 is 12.3 Å². The summed E-state index contributed by atoms with van der Waals surface area (Å²) in [6.07, 6.45) is -2.26. The lowest BCUT2D eigenvalue weighted by molar-refractivity contribution is -0.117. The van der Waals surface area contributed by atoms with Crippen LogP contribution in [0.2, 0.25) is 0 Å². The summed E-state index contributed by atoms with van der Waals surface area (Å²) in [7, 11) is 0. The molecule has 0 unspecified atom stereocenters. The van der Waals surface area contributed by atoms with Crippen LogP contribution in [0.3, 0.4) is 0 Å². The van der Waals surface area contributed by atoms with Gasteiger partial charge in [0.2, 0.25) is 0 Å². The van der Waals surface area contributed by atoms with Gasteiger partial charge in [0, 0.05) is 11.6 Å². The van der Waals surface area contributed by atoms with E-state index in [1.165, 1.54) is 6.20 Å². The van der Waals surface area contributed by atoms with Crippen LogP contribution in [-0.4, -0.2) is 23.9 Å². The normalized spacial score (nSPS) is 12.1. The predicted octanol–water partition coefficient (Wildman–Crippen LogP) is 3.55. The first kappa shape index (κ1) is 12.6. The average molecular weight is 258 g/mol. The van der Waals surface area contributed by atoms with Crippen LogP contribution in [0.5, 0.6) is 0 Å². The number of hydrogen-bond donors (Lipinski definition) is 1. The number of alkyl halides is 4. The molecule has 0 spiro atoms. The Labute approximate surface area is 101 Å². The second-order valence-electron chi connectivity index (χ2n) is 3.80. The minimum absolute atomic E-state index is 0.174. The third-order valence-corrected chi connectivity index (χ3v) is 2.48. The van der Waals surface area contributed by atoms with Crippen molar-refractivity contribution in [3.8, 4) is 0 Å².